The third-order valence-electron chi connectivity index (χ3n) is 3.11. The molecule has 2 aromatic heterocycles. The first-order valence-electron chi connectivity index (χ1n) is 6.16. The van der Waals surface area contributed by atoms with Crippen LogP contribution in [0.3, 0.4) is 0 Å². The molecule has 0 spiro atoms. The monoisotopic (exact) mass is 271 g/mol. The largest absolute Gasteiger partial charge is 0.423 e. The van der Waals surface area contributed by atoms with Crippen molar-refractivity contribution in [2.75, 3.05) is 0 Å². The predicted molar refractivity (Wildman–Crippen MR) is 77.7 cm³/mol. The molecule has 4 heteroatoms. The number of hydrogen-bond donors (Lipinski definition) is 0. The van der Waals surface area contributed by atoms with Gasteiger partial charge in [0.2, 0.25) is 0 Å². The van der Waals surface area contributed by atoms with Gasteiger partial charge in [-0.3, -0.25) is 0 Å². The van der Waals surface area contributed by atoms with Crippen LogP contribution in [-0.2, 0) is 6.42 Å². The lowest BCUT2D eigenvalue weighted by Crippen LogP contribution is -1.98. The molecule has 0 bridgehead atoms. The van der Waals surface area contributed by atoms with E-state index >= 15 is 0 Å². The summed E-state index contributed by atoms with van der Waals surface area (Å²) in [5, 5.41) is 3.89. The molecular weight excluding hydrogens is 258 g/mol. The fourth-order valence-corrected chi connectivity index (χ4v) is 2.74. The highest BCUT2D eigenvalue weighted by Gasteiger charge is 2.10. The molecular formula is C15H13NO2S. The minimum atomic E-state index is -0.332. The van der Waals surface area contributed by atoms with E-state index in [4.69, 9.17) is 4.42 Å². The first-order chi connectivity index (χ1) is 9.17. The van der Waals surface area contributed by atoms with Gasteiger partial charge >= 0.3 is 5.63 Å². The Kier molecular flexibility index (Phi) is 2.95. The Hall–Kier alpha value is -1.94. The highest BCUT2D eigenvalue weighted by Crippen LogP contribution is 2.28. The van der Waals surface area contributed by atoms with Crippen molar-refractivity contribution in [1.82, 2.24) is 4.98 Å². The van der Waals surface area contributed by atoms with E-state index in [1.54, 1.807) is 11.3 Å². The highest BCUT2D eigenvalue weighted by molar-refractivity contribution is 7.09. The van der Waals surface area contributed by atoms with E-state index in [0.717, 1.165) is 33.6 Å². The highest BCUT2D eigenvalue weighted by atomic mass is 32.1. The van der Waals surface area contributed by atoms with Crippen LogP contribution in [0.1, 0.15) is 17.5 Å². The fraction of sp³-hybridized carbons (Fsp3) is 0.200. The van der Waals surface area contributed by atoms with Crippen LogP contribution in [0.5, 0.6) is 0 Å². The summed E-state index contributed by atoms with van der Waals surface area (Å²) in [6, 6.07) is 7.51. The Morgan fingerprint density at radius 3 is 2.84 bits per heavy atom. The van der Waals surface area contributed by atoms with Gasteiger partial charge in [0.15, 0.2) is 0 Å². The number of nitrogens with zero attached hydrogens (tertiary/aromatic N) is 1. The third kappa shape index (κ3) is 2.19. The van der Waals surface area contributed by atoms with Gasteiger partial charge in [-0.1, -0.05) is 19.1 Å². The Bertz CT molecular complexity index is 801. The van der Waals surface area contributed by atoms with Crippen LogP contribution in [0, 0.1) is 6.92 Å². The molecule has 19 heavy (non-hydrogen) atoms. The second-order valence-electron chi connectivity index (χ2n) is 4.41. The lowest BCUT2D eigenvalue weighted by molar-refractivity contribution is 0.561. The predicted octanol–water partition coefficient (Wildman–Crippen LogP) is 3.79. The van der Waals surface area contributed by atoms with Gasteiger partial charge in [-0.2, -0.15) is 0 Å². The second-order valence-corrected chi connectivity index (χ2v) is 5.48. The Balaban J connectivity index is 2.32. The normalized spacial score (nSPS) is 11.1. The zero-order valence-electron chi connectivity index (χ0n) is 10.8. The third-order valence-corrected chi connectivity index (χ3v) is 3.89. The standard InChI is InChI=1S/C15H13NO2S/c1-3-10-4-5-11-12(13-8-19-9(2)16-13)7-15(17)18-14(11)6-10/h4-8H,3H2,1-2H3. The second kappa shape index (κ2) is 4.63. The minimum absolute atomic E-state index is 0.332. The molecule has 3 rings (SSSR count). The molecule has 0 aliphatic carbocycles. The summed E-state index contributed by atoms with van der Waals surface area (Å²) in [5.74, 6) is 0. The first kappa shape index (κ1) is 12.1. The van der Waals surface area contributed by atoms with Gasteiger partial charge < -0.3 is 4.42 Å². The molecule has 3 aromatic rings. The van der Waals surface area contributed by atoms with Crippen molar-refractivity contribution in [1.29, 1.82) is 0 Å². The molecule has 0 atom stereocenters. The van der Waals surface area contributed by atoms with Crippen LogP contribution in [0.2, 0.25) is 0 Å². The topological polar surface area (TPSA) is 43.1 Å². The molecule has 0 saturated heterocycles. The molecule has 3 nitrogen and oxygen atoms in total. The van der Waals surface area contributed by atoms with E-state index in [2.05, 4.69) is 18.0 Å². The van der Waals surface area contributed by atoms with E-state index in [-0.39, 0.29) is 5.63 Å². The van der Waals surface area contributed by atoms with Crippen molar-refractivity contribution < 1.29 is 4.42 Å². The van der Waals surface area contributed by atoms with Crippen molar-refractivity contribution in [2.24, 2.45) is 0 Å². The van der Waals surface area contributed by atoms with E-state index < -0.39 is 0 Å². The van der Waals surface area contributed by atoms with E-state index in [1.807, 2.05) is 24.4 Å². The number of rotatable bonds is 2. The van der Waals surface area contributed by atoms with Gasteiger partial charge in [0.05, 0.1) is 10.7 Å². The summed E-state index contributed by atoms with van der Waals surface area (Å²) in [7, 11) is 0. The maximum Gasteiger partial charge on any atom is 0.336 e. The lowest BCUT2D eigenvalue weighted by Gasteiger charge is -2.04. The number of hydrogen-bond acceptors (Lipinski definition) is 4. The molecule has 0 amide bonds. The van der Waals surface area contributed by atoms with Gasteiger partial charge in [-0.15, -0.1) is 11.3 Å². The van der Waals surface area contributed by atoms with E-state index in [9.17, 15) is 4.79 Å². The molecule has 0 unspecified atom stereocenters. The van der Waals surface area contributed by atoms with Crippen molar-refractivity contribution in [3.05, 3.63) is 50.6 Å². The molecule has 0 fully saturated rings. The van der Waals surface area contributed by atoms with Gasteiger partial charge in [0.25, 0.3) is 0 Å². The number of fused-ring (bicyclic) bond motifs is 1. The summed E-state index contributed by atoms with van der Waals surface area (Å²) in [6.45, 7) is 4.03. The van der Waals surface area contributed by atoms with Crippen LogP contribution in [0.4, 0.5) is 0 Å². The lowest BCUT2D eigenvalue weighted by atomic mass is 10.0. The van der Waals surface area contributed by atoms with Crippen LogP contribution in [0.25, 0.3) is 22.2 Å². The molecule has 0 aliphatic heterocycles. The molecule has 1 aromatic carbocycles. The van der Waals surface area contributed by atoms with Crippen molar-refractivity contribution in [3.63, 3.8) is 0 Å². The smallest absolute Gasteiger partial charge is 0.336 e. The Labute approximate surface area is 114 Å². The van der Waals surface area contributed by atoms with Crippen molar-refractivity contribution >= 4 is 22.3 Å². The van der Waals surface area contributed by atoms with E-state index in [0.29, 0.717) is 5.58 Å². The summed E-state index contributed by atoms with van der Waals surface area (Å²) >= 11 is 1.58. The van der Waals surface area contributed by atoms with Crippen LogP contribution in [-0.4, -0.2) is 4.98 Å². The van der Waals surface area contributed by atoms with E-state index in [1.165, 1.54) is 6.07 Å². The summed E-state index contributed by atoms with van der Waals surface area (Å²) < 4.78 is 5.29. The summed E-state index contributed by atoms with van der Waals surface area (Å²) in [4.78, 5) is 16.1. The van der Waals surface area contributed by atoms with Crippen LogP contribution < -0.4 is 5.63 Å². The molecule has 0 radical (unpaired) electrons. The zero-order valence-corrected chi connectivity index (χ0v) is 11.6. The van der Waals surface area contributed by atoms with Crippen molar-refractivity contribution in [2.45, 2.75) is 20.3 Å². The Morgan fingerprint density at radius 2 is 2.16 bits per heavy atom. The Morgan fingerprint density at radius 1 is 1.32 bits per heavy atom. The average molecular weight is 271 g/mol. The maximum atomic E-state index is 11.7. The fourth-order valence-electron chi connectivity index (χ4n) is 2.13. The van der Waals surface area contributed by atoms with Gasteiger partial charge in [0, 0.05) is 22.4 Å². The molecule has 96 valence electrons. The molecule has 0 N–H and O–H groups in total. The molecule has 0 aliphatic rings. The first-order valence-corrected chi connectivity index (χ1v) is 7.04. The number of benzene rings is 1. The van der Waals surface area contributed by atoms with Crippen LogP contribution >= 0.6 is 11.3 Å². The van der Waals surface area contributed by atoms with Gasteiger partial charge in [-0.25, -0.2) is 9.78 Å². The summed E-state index contributed by atoms with van der Waals surface area (Å²) in [6.07, 6.45) is 0.916. The molecule has 2 heterocycles. The zero-order chi connectivity index (χ0) is 13.4. The number of thiazole rings is 1. The number of aromatic nitrogens is 1. The van der Waals surface area contributed by atoms with Crippen LogP contribution in [0.15, 0.2) is 38.9 Å². The quantitative estimate of drug-likeness (QED) is 0.666. The van der Waals surface area contributed by atoms with Crippen molar-refractivity contribution in [3.8, 4) is 11.3 Å². The SMILES string of the molecule is CCc1ccc2c(-c3csc(C)n3)cc(=O)oc2c1. The minimum Gasteiger partial charge on any atom is -0.423 e. The average Bonchev–Trinajstić information content (AvgIpc) is 2.83. The van der Waals surface area contributed by atoms with Gasteiger partial charge in [0.1, 0.15) is 5.58 Å². The molecule has 0 saturated carbocycles. The van der Waals surface area contributed by atoms with Gasteiger partial charge in [-0.05, 0) is 25.0 Å². The maximum absolute atomic E-state index is 11.7. The summed E-state index contributed by atoms with van der Waals surface area (Å²) in [5.41, 5.74) is 3.14. The number of aryl methyl sites for hydroxylation is 2.